The zero-order valence-electron chi connectivity index (χ0n) is 10.5. The first kappa shape index (κ1) is 12.3. The van der Waals surface area contributed by atoms with Gasteiger partial charge in [0.2, 0.25) is 0 Å². The molecule has 0 spiro atoms. The minimum absolute atomic E-state index is 0.0982. The van der Waals surface area contributed by atoms with Crippen LogP contribution in [-0.4, -0.2) is 4.98 Å². The van der Waals surface area contributed by atoms with Gasteiger partial charge in [0.05, 0.1) is 12.0 Å². The Morgan fingerprint density at radius 2 is 1.94 bits per heavy atom. The third kappa shape index (κ3) is 2.95. The van der Waals surface area contributed by atoms with Gasteiger partial charge in [0.15, 0.2) is 0 Å². The molecule has 0 amide bonds. The number of hydrogen-bond donors (Lipinski definition) is 0. The van der Waals surface area contributed by atoms with Crippen LogP contribution in [0.25, 0.3) is 0 Å². The molecule has 2 atom stereocenters. The highest BCUT2D eigenvalue weighted by molar-refractivity contribution is 5.24. The number of pyridine rings is 1. The Balaban J connectivity index is 2.12. The van der Waals surface area contributed by atoms with Crippen molar-refractivity contribution in [3.63, 3.8) is 0 Å². The molecule has 0 saturated heterocycles. The van der Waals surface area contributed by atoms with Gasteiger partial charge in [-0.25, -0.2) is 0 Å². The fourth-order valence-electron chi connectivity index (χ4n) is 2.19. The third-order valence-corrected chi connectivity index (χ3v) is 3.15. The van der Waals surface area contributed by atoms with Gasteiger partial charge in [-0.1, -0.05) is 43.3 Å². The highest BCUT2D eigenvalue weighted by Crippen LogP contribution is 2.26. The van der Waals surface area contributed by atoms with Crippen molar-refractivity contribution in [2.75, 3.05) is 0 Å². The molecular formula is C16H16N2. The summed E-state index contributed by atoms with van der Waals surface area (Å²) in [4.78, 5) is 4.09. The molecule has 0 bridgehead atoms. The fourth-order valence-corrected chi connectivity index (χ4v) is 2.19. The molecule has 2 nitrogen and oxygen atoms in total. The monoisotopic (exact) mass is 236 g/mol. The second-order valence-corrected chi connectivity index (χ2v) is 4.56. The lowest BCUT2D eigenvalue weighted by molar-refractivity contribution is 0.527. The lowest BCUT2D eigenvalue weighted by atomic mass is 9.85. The normalized spacial score (nSPS) is 13.6. The van der Waals surface area contributed by atoms with E-state index in [0.29, 0.717) is 0 Å². The van der Waals surface area contributed by atoms with Gasteiger partial charge in [0, 0.05) is 12.4 Å². The van der Waals surface area contributed by atoms with Gasteiger partial charge >= 0.3 is 0 Å². The van der Waals surface area contributed by atoms with Crippen molar-refractivity contribution in [2.24, 2.45) is 5.92 Å². The minimum atomic E-state index is -0.0982. The Labute approximate surface area is 108 Å². The van der Waals surface area contributed by atoms with E-state index in [1.165, 1.54) is 5.56 Å². The lowest BCUT2D eigenvalue weighted by Gasteiger charge is -2.17. The van der Waals surface area contributed by atoms with E-state index >= 15 is 0 Å². The van der Waals surface area contributed by atoms with E-state index in [1.54, 1.807) is 12.4 Å². The summed E-state index contributed by atoms with van der Waals surface area (Å²) in [5.41, 5.74) is 2.28. The standard InChI is InChI=1S/C16H16N2/c1-13(10-14-6-3-2-4-7-14)16(11-17)15-8-5-9-18-12-15/h2-9,12-13,16H,10H2,1H3/t13-,16-/m0/s1. The molecule has 2 aromatic rings. The second kappa shape index (κ2) is 5.97. The van der Waals surface area contributed by atoms with Gasteiger partial charge in [-0.2, -0.15) is 5.26 Å². The molecule has 0 aliphatic heterocycles. The SMILES string of the molecule is C[C@@H](Cc1ccccc1)[C@H](C#N)c1cccnc1. The molecule has 0 fully saturated rings. The Morgan fingerprint density at radius 1 is 1.17 bits per heavy atom. The van der Waals surface area contributed by atoms with Crippen LogP contribution < -0.4 is 0 Å². The van der Waals surface area contributed by atoms with Gasteiger partial charge in [0.25, 0.3) is 0 Å². The zero-order chi connectivity index (χ0) is 12.8. The van der Waals surface area contributed by atoms with Crippen LogP contribution >= 0.6 is 0 Å². The average Bonchev–Trinajstić information content (AvgIpc) is 2.42. The van der Waals surface area contributed by atoms with Crippen molar-refractivity contribution < 1.29 is 0 Å². The molecular weight excluding hydrogens is 220 g/mol. The molecule has 0 N–H and O–H groups in total. The summed E-state index contributed by atoms with van der Waals surface area (Å²) in [7, 11) is 0. The smallest absolute Gasteiger partial charge is 0.0756 e. The van der Waals surface area contributed by atoms with E-state index in [0.717, 1.165) is 12.0 Å². The number of hydrogen-bond acceptors (Lipinski definition) is 2. The van der Waals surface area contributed by atoms with E-state index < -0.39 is 0 Å². The third-order valence-electron chi connectivity index (χ3n) is 3.15. The van der Waals surface area contributed by atoms with Crippen LogP contribution in [-0.2, 0) is 6.42 Å². The molecule has 0 aliphatic rings. The Morgan fingerprint density at radius 3 is 2.56 bits per heavy atom. The van der Waals surface area contributed by atoms with Crippen LogP contribution in [0.2, 0.25) is 0 Å². The molecule has 2 heteroatoms. The quantitative estimate of drug-likeness (QED) is 0.813. The maximum atomic E-state index is 9.35. The summed E-state index contributed by atoms with van der Waals surface area (Å²) in [6.07, 6.45) is 4.43. The highest BCUT2D eigenvalue weighted by atomic mass is 14.6. The van der Waals surface area contributed by atoms with Gasteiger partial charge < -0.3 is 0 Å². The van der Waals surface area contributed by atoms with Crippen LogP contribution in [0.15, 0.2) is 54.9 Å². The summed E-state index contributed by atoms with van der Waals surface area (Å²) < 4.78 is 0. The summed E-state index contributed by atoms with van der Waals surface area (Å²) in [6, 6.07) is 16.5. The van der Waals surface area contributed by atoms with Crippen molar-refractivity contribution >= 4 is 0 Å². The Kier molecular flexibility index (Phi) is 4.09. The van der Waals surface area contributed by atoms with Gasteiger partial charge in [-0.15, -0.1) is 0 Å². The summed E-state index contributed by atoms with van der Waals surface area (Å²) in [5.74, 6) is 0.181. The molecule has 90 valence electrons. The van der Waals surface area contributed by atoms with E-state index in [1.807, 2.05) is 30.3 Å². The first-order valence-corrected chi connectivity index (χ1v) is 6.14. The predicted octanol–water partition coefficient (Wildman–Crippen LogP) is 3.57. The van der Waals surface area contributed by atoms with Crippen LogP contribution in [0.5, 0.6) is 0 Å². The summed E-state index contributed by atoms with van der Waals surface area (Å²) in [6.45, 7) is 2.12. The van der Waals surface area contributed by atoms with E-state index in [4.69, 9.17) is 0 Å². The van der Waals surface area contributed by atoms with Gasteiger partial charge in [-0.05, 0) is 29.5 Å². The van der Waals surface area contributed by atoms with Crippen LogP contribution in [0.3, 0.4) is 0 Å². The first-order chi connectivity index (χ1) is 8.81. The van der Waals surface area contributed by atoms with Crippen molar-refractivity contribution in [2.45, 2.75) is 19.3 Å². The minimum Gasteiger partial charge on any atom is -0.264 e. The van der Waals surface area contributed by atoms with Crippen molar-refractivity contribution in [3.05, 3.63) is 66.0 Å². The van der Waals surface area contributed by atoms with Crippen molar-refractivity contribution in [1.82, 2.24) is 4.98 Å². The molecule has 1 heterocycles. The number of rotatable bonds is 4. The molecule has 1 aromatic heterocycles. The largest absolute Gasteiger partial charge is 0.264 e. The fraction of sp³-hybridized carbons (Fsp3) is 0.250. The molecule has 0 radical (unpaired) electrons. The number of nitriles is 1. The van der Waals surface area contributed by atoms with Crippen molar-refractivity contribution in [3.8, 4) is 6.07 Å². The number of benzene rings is 1. The molecule has 18 heavy (non-hydrogen) atoms. The maximum absolute atomic E-state index is 9.35. The molecule has 0 aliphatic carbocycles. The van der Waals surface area contributed by atoms with Gasteiger partial charge in [-0.3, -0.25) is 4.98 Å². The van der Waals surface area contributed by atoms with E-state index in [2.05, 4.69) is 30.1 Å². The maximum Gasteiger partial charge on any atom is 0.0756 e. The van der Waals surface area contributed by atoms with Crippen molar-refractivity contribution in [1.29, 1.82) is 5.26 Å². The predicted molar refractivity (Wildman–Crippen MR) is 71.9 cm³/mol. The highest BCUT2D eigenvalue weighted by Gasteiger charge is 2.19. The zero-order valence-corrected chi connectivity index (χ0v) is 10.5. The van der Waals surface area contributed by atoms with Crippen LogP contribution in [0.4, 0.5) is 0 Å². The van der Waals surface area contributed by atoms with Crippen LogP contribution in [0, 0.1) is 17.2 Å². The summed E-state index contributed by atoms with van der Waals surface area (Å²) in [5, 5.41) is 9.35. The molecule has 2 rings (SSSR count). The Bertz CT molecular complexity index is 514. The average molecular weight is 236 g/mol. The number of aromatic nitrogens is 1. The van der Waals surface area contributed by atoms with E-state index in [9.17, 15) is 5.26 Å². The van der Waals surface area contributed by atoms with Crippen LogP contribution in [0.1, 0.15) is 24.0 Å². The second-order valence-electron chi connectivity index (χ2n) is 4.56. The summed E-state index contributed by atoms with van der Waals surface area (Å²) >= 11 is 0. The topological polar surface area (TPSA) is 36.7 Å². The Hall–Kier alpha value is -2.14. The van der Waals surface area contributed by atoms with Gasteiger partial charge in [0.1, 0.15) is 0 Å². The molecule has 0 saturated carbocycles. The lowest BCUT2D eigenvalue weighted by Crippen LogP contribution is -2.11. The molecule has 1 aromatic carbocycles. The first-order valence-electron chi connectivity index (χ1n) is 6.14. The number of nitrogens with zero attached hydrogens (tertiary/aromatic N) is 2. The molecule has 0 unspecified atom stereocenters. The van der Waals surface area contributed by atoms with E-state index in [-0.39, 0.29) is 11.8 Å².